The maximum atomic E-state index is 12.8. The van der Waals surface area contributed by atoms with Gasteiger partial charge in [0.1, 0.15) is 18.1 Å². The summed E-state index contributed by atoms with van der Waals surface area (Å²) in [6.45, 7) is 1.07. The minimum absolute atomic E-state index is 0.0722. The van der Waals surface area contributed by atoms with Crippen molar-refractivity contribution in [2.24, 2.45) is 0 Å². The number of nitrogens with zero attached hydrogens (tertiary/aromatic N) is 6. The van der Waals surface area contributed by atoms with Crippen LogP contribution < -0.4 is 5.76 Å². The van der Waals surface area contributed by atoms with Crippen LogP contribution in [-0.2, 0) is 11.3 Å². The predicted octanol–water partition coefficient (Wildman–Crippen LogP) is 2.23. The average Bonchev–Trinajstić information content (AvgIpc) is 3.39. The van der Waals surface area contributed by atoms with Crippen LogP contribution in [0.5, 0.6) is 0 Å². The summed E-state index contributed by atoms with van der Waals surface area (Å²) in [5.74, 6) is 0.755. The highest BCUT2D eigenvalue weighted by atomic mass is 35.5. The molecule has 11 heteroatoms. The molecule has 3 aromatic heterocycles. The molecule has 1 amide bonds. The van der Waals surface area contributed by atoms with Gasteiger partial charge in [0.15, 0.2) is 5.58 Å². The maximum Gasteiger partial charge on any atom is 0.420 e. The molecule has 1 aromatic carbocycles. The number of hydrogen-bond donors (Lipinski definition) is 1. The molecule has 1 aliphatic rings. The first-order valence-electron chi connectivity index (χ1n) is 9.84. The SMILES string of the molecule is O=C(Cn1c(=O)oc2cc(Cl)ccc21)N1CCC(c2nc(-c3cnccn3)n[nH]2)CC1. The van der Waals surface area contributed by atoms with Crippen LogP contribution in [0.25, 0.3) is 22.6 Å². The van der Waals surface area contributed by atoms with E-state index in [9.17, 15) is 9.59 Å². The highest BCUT2D eigenvalue weighted by Crippen LogP contribution is 2.27. The van der Waals surface area contributed by atoms with Crippen LogP contribution in [0.1, 0.15) is 24.6 Å². The van der Waals surface area contributed by atoms with E-state index < -0.39 is 5.76 Å². The molecule has 31 heavy (non-hydrogen) atoms. The zero-order valence-electron chi connectivity index (χ0n) is 16.4. The summed E-state index contributed by atoms with van der Waals surface area (Å²) in [7, 11) is 0. The number of H-pyrrole nitrogens is 1. The second kappa shape index (κ2) is 7.95. The highest BCUT2D eigenvalue weighted by Gasteiger charge is 2.27. The van der Waals surface area contributed by atoms with E-state index in [1.165, 1.54) is 4.57 Å². The molecular weight excluding hydrogens is 422 g/mol. The van der Waals surface area contributed by atoms with Gasteiger partial charge in [-0.1, -0.05) is 11.6 Å². The molecule has 10 nitrogen and oxygen atoms in total. The Labute approximate surface area is 180 Å². The zero-order chi connectivity index (χ0) is 21.4. The van der Waals surface area contributed by atoms with E-state index >= 15 is 0 Å². The monoisotopic (exact) mass is 439 g/mol. The van der Waals surface area contributed by atoms with Crippen LogP contribution in [-0.4, -0.2) is 53.6 Å². The van der Waals surface area contributed by atoms with Crippen LogP contribution in [0.4, 0.5) is 0 Å². The smallest absolute Gasteiger partial charge is 0.408 e. The van der Waals surface area contributed by atoms with E-state index in [4.69, 9.17) is 16.0 Å². The molecule has 0 radical (unpaired) electrons. The predicted molar refractivity (Wildman–Crippen MR) is 111 cm³/mol. The van der Waals surface area contributed by atoms with Gasteiger partial charge in [0.25, 0.3) is 0 Å². The fraction of sp³-hybridized carbons (Fsp3) is 0.300. The minimum Gasteiger partial charge on any atom is -0.408 e. The van der Waals surface area contributed by atoms with Crippen molar-refractivity contribution in [3.8, 4) is 11.5 Å². The van der Waals surface area contributed by atoms with Gasteiger partial charge in [-0.05, 0) is 25.0 Å². The number of oxazole rings is 1. The first-order chi connectivity index (χ1) is 15.1. The molecule has 4 heterocycles. The molecule has 1 fully saturated rings. The molecule has 5 rings (SSSR count). The number of piperidine rings is 1. The topological polar surface area (TPSA) is 123 Å². The zero-order valence-corrected chi connectivity index (χ0v) is 17.1. The summed E-state index contributed by atoms with van der Waals surface area (Å²) < 4.78 is 6.54. The summed E-state index contributed by atoms with van der Waals surface area (Å²) in [5, 5.41) is 7.69. The number of amides is 1. The van der Waals surface area contributed by atoms with E-state index in [0.717, 1.165) is 18.7 Å². The second-order valence-electron chi connectivity index (χ2n) is 7.36. The molecule has 0 unspecified atom stereocenters. The lowest BCUT2D eigenvalue weighted by Gasteiger charge is -2.31. The maximum absolute atomic E-state index is 12.8. The summed E-state index contributed by atoms with van der Waals surface area (Å²) >= 11 is 5.94. The highest BCUT2D eigenvalue weighted by molar-refractivity contribution is 6.31. The fourth-order valence-electron chi connectivity index (χ4n) is 3.81. The van der Waals surface area contributed by atoms with Crippen molar-refractivity contribution < 1.29 is 9.21 Å². The van der Waals surface area contributed by atoms with Gasteiger partial charge in [0.05, 0.1) is 11.7 Å². The molecule has 1 N–H and O–H groups in total. The number of aromatic amines is 1. The number of rotatable bonds is 4. The molecule has 0 spiro atoms. The fourth-order valence-corrected chi connectivity index (χ4v) is 3.98. The van der Waals surface area contributed by atoms with E-state index in [-0.39, 0.29) is 18.4 Å². The van der Waals surface area contributed by atoms with Crippen LogP contribution in [0.3, 0.4) is 0 Å². The number of fused-ring (bicyclic) bond motifs is 1. The standard InChI is InChI=1S/C20H18ClN7O3/c21-13-1-2-15-16(9-13)31-20(30)28(15)11-17(29)27-7-3-12(4-8-27)18-24-19(26-25-18)14-10-22-5-6-23-14/h1-2,5-6,9-10,12H,3-4,7-8,11H2,(H,24,25,26). The van der Waals surface area contributed by atoms with Crippen LogP contribution in [0.15, 0.2) is 46.0 Å². The number of carbonyl (C=O) groups is 1. The Morgan fingerprint density at radius 3 is 2.87 bits per heavy atom. The molecule has 1 aliphatic heterocycles. The average molecular weight is 440 g/mol. The van der Waals surface area contributed by atoms with E-state index in [2.05, 4.69) is 25.1 Å². The Bertz CT molecular complexity index is 1290. The number of carbonyl (C=O) groups excluding carboxylic acids is 1. The Balaban J connectivity index is 1.24. The Hall–Kier alpha value is -3.53. The van der Waals surface area contributed by atoms with Gasteiger partial charge in [-0.2, -0.15) is 5.10 Å². The van der Waals surface area contributed by atoms with Crippen molar-refractivity contribution in [2.75, 3.05) is 13.1 Å². The Morgan fingerprint density at radius 1 is 1.26 bits per heavy atom. The van der Waals surface area contributed by atoms with Gasteiger partial charge in [0, 0.05) is 42.5 Å². The molecular formula is C20H18ClN7O3. The number of halogens is 1. The molecule has 4 aromatic rings. The Kier molecular flexibility index (Phi) is 4.99. The van der Waals surface area contributed by atoms with Gasteiger partial charge in [-0.15, -0.1) is 0 Å². The van der Waals surface area contributed by atoms with Crippen molar-refractivity contribution in [1.82, 2.24) is 34.6 Å². The van der Waals surface area contributed by atoms with Gasteiger partial charge >= 0.3 is 5.76 Å². The van der Waals surface area contributed by atoms with Crippen molar-refractivity contribution >= 4 is 28.6 Å². The number of nitrogens with one attached hydrogen (secondary N) is 1. The van der Waals surface area contributed by atoms with Crippen LogP contribution in [0.2, 0.25) is 5.02 Å². The minimum atomic E-state index is -0.571. The van der Waals surface area contributed by atoms with Crippen LogP contribution in [0, 0.1) is 0 Å². The van der Waals surface area contributed by atoms with Gasteiger partial charge in [-0.3, -0.25) is 19.4 Å². The lowest BCUT2D eigenvalue weighted by molar-refractivity contribution is -0.132. The van der Waals surface area contributed by atoms with Crippen molar-refractivity contribution in [1.29, 1.82) is 0 Å². The molecule has 0 bridgehead atoms. The lowest BCUT2D eigenvalue weighted by Crippen LogP contribution is -2.40. The normalized spacial score (nSPS) is 14.9. The van der Waals surface area contributed by atoms with Gasteiger partial charge in [0.2, 0.25) is 11.7 Å². The first kappa shape index (κ1) is 19.4. The van der Waals surface area contributed by atoms with E-state index in [0.29, 0.717) is 40.7 Å². The molecule has 0 atom stereocenters. The van der Waals surface area contributed by atoms with Crippen LogP contribution >= 0.6 is 11.6 Å². The third kappa shape index (κ3) is 3.81. The van der Waals surface area contributed by atoms with Crippen molar-refractivity contribution in [3.63, 3.8) is 0 Å². The number of aromatic nitrogens is 6. The summed E-state index contributed by atoms with van der Waals surface area (Å²) in [4.78, 5) is 39.5. The molecule has 1 saturated heterocycles. The molecule has 0 aliphatic carbocycles. The van der Waals surface area contributed by atoms with E-state index in [1.807, 2.05) is 0 Å². The third-order valence-corrected chi connectivity index (χ3v) is 5.69. The molecule has 158 valence electrons. The van der Waals surface area contributed by atoms with Crippen molar-refractivity contribution in [3.05, 3.63) is 58.2 Å². The first-order valence-corrected chi connectivity index (χ1v) is 10.2. The van der Waals surface area contributed by atoms with Gasteiger partial charge in [-0.25, -0.2) is 14.8 Å². The Morgan fingerprint density at radius 2 is 2.10 bits per heavy atom. The quantitative estimate of drug-likeness (QED) is 0.517. The lowest BCUT2D eigenvalue weighted by atomic mass is 9.96. The summed E-state index contributed by atoms with van der Waals surface area (Å²) in [5.41, 5.74) is 1.53. The largest absolute Gasteiger partial charge is 0.420 e. The number of hydrogen-bond acceptors (Lipinski definition) is 7. The number of benzene rings is 1. The third-order valence-electron chi connectivity index (χ3n) is 5.45. The second-order valence-corrected chi connectivity index (χ2v) is 7.79. The van der Waals surface area contributed by atoms with Crippen molar-refractivity contribution in [2.45, 2.75) is 25.3 Å². The van der Waals surface area contributed by atoms with E-state index in [1.54, 1.807) is 41.7 Å². The molecule has 0 saturated carbocycles. The number of likely N-dealkylation sites (tertiary alicyclic amines) is 1. The summed E-state index contributed by atoms with van der Waals surface area (Å²) in [6.07, 6.45) is 6.30. The van der Waals surface area contributed by atoms with Gasteiger partial charge < -0.3 is 9.32 Å². The summed E-state index contributed by atoms with van der Waals surface area (Å²) in [6, 6.07) is 4.91.